The van der Waals surface area contributed by atoms with E-state index in [9.17, 15) is 9.59 Å². The number of amides is 1. The number of benzene rings is 1. The zero-order valence-electron chi connectivity index (χ0n) is 19.0. The molecule has 0 saturated carbocycles. The van der Waals surface area contributed by atoms with Crippen LogP contribution in [0.25, 0.3) is 0 Å². The molecule has 4 N–H and O–H groups in total. The molecule has 33 heavy (non-hydrogen) atoms. The molecule has 0 spiro atoms. The standard InChI is InChI=1S/C24H33FN4O4/c1-32-22(30)20-4-2-3-5-21(20)33-19-7-12-29(13-8-19)23(31)24(25)9-14-28(15-10-24)17-18(16-27)6-11-26/h2-6,11,16,19H,7-10,12-15,17,26-27H2,1H3/b11-6-,18-16+. The number of hydrogen-bond donors (Lipinski definition) is 2. The maximum atomic E-state index is 15.5. The van der Waals surface area contributed by atoms with Crippen molar-refractivity contribution in [2.24, 2.45) is 11.5 Å². The summed E-state index contributed by atoms with van der Waals surface area (Å²) in [6, 6.07) is 6.91. The first-order chi connectivity index (χ1) is 15.9. The predicted molar refractivity (Wildman–Crippen MR) is 123 cm³/mol. The average Bonchev–Trinajstić information content (AvgIpc) is 2.85. The molecular formula is C24H33FN4O4. The summed E-state index contributed by atoms with van der Waals surface area (Å²) >= 11 is 0. The lowest BCUT2D eigenvalue weighted by Gasteiger charge is -2.40. The molecular weight excluding hydrogens is 427 g/mol. The number of para-hydroxylation sites is 1. The number of carbonyl (C=O) groups excluding carboxylic acids is 2. The summed E-state index contributed by atoms with van der Waals surface area (Å²) in [7, 11) is 1.32. The van der Waals surface area contributed by atoms with Crippen LogP contribution in [0.3, 0.4) is 0 Å². The molecule has 1 aromatic carbocycles. The second-order valence-electron chi connectivity index (χ2n) is 8.44. The molecule has 0 bridgehead atoms. The summed E-state index contributed by atoms with van der Waals surface area (Å²) in [5.74, 6) is -0.442. The van der Waals surface area contributed by atoms with Gasteiger partial charge in [0.1, 0.15) is 17.4 Å². The quantitative estimate of drug-likeness (QED) is 0.473. The minimum Gasteiger partial charge on any atom is -0.489 e. The van der Waals surface area contributed by atoms with E-state index >= 15 is 4.39 Å². The number of alkyl halides is 1. The molecule has 8 nitrogen and oxygen atoms in total. The highest BCUT2D eigenvalue weighted by molar-refractivity contribution is 5.92. The van der Waals surface area contributed by atoms with Crippen molar-refractivity contribution in [1.82, 2.24) is 9.80 Å². The minimum absolute atomic E-state index is 0.152. The van der Waals surface area contributed by atoms with Crippen LogP contribution >= 0.6 is 0 Å². The number of nitrogens with zero attached hydrogens (tertiary/aromatic N) is 2. The number of hydrogen-bond acceptors (Lipinski definition) is 7. The van der Waals surface area contributed by atoms with E-state index in [-0.39, 0.29) is 18.9 Å². The van der Waals surface area contributed by atoms with Crippen LogP contribution in [0.4, 0.5) is 4.39 Å². The lowest BCUT2D eigenvalue weighted by Crippen LogP contribution is -2.54. The van der Waals surface area contributed by atoms with Crippen LogP contribution < -0.4 is 16.2 Å². The van der Waals surface area contributed by atoms with Crippen molar-refractivity contribution in [2.75, 3.05) is 39.8 Å². The van der Waals surface area contributed by atoms with Gasteiger partial charge in [0.05, 0.1) is 7.11 Å². The van der Waals surface area contributed by atoms with Crippen LogP contribution in [0.5, 0.6) is 5.75 Å². The number of rotatable bonds is 7. The molecule has 0 atom stereocenters. The molecule has 2 aliphatic rings. The zero-order valence-corrected chi connectivity index (χ0v) is 19.0. The van der Waals surface area contributed by atoms with Gasteiger partial charge in [0.15, 0.2) is 5.67 Å². The Kier molecular flexibility index (Phi) is 8.32. The first kappa shape index (κ1) is 24.6. The number of esters is 1. The summed E-state index contributed by atoms with van der Waals surface area (Å²) in [5.41, 5.74) is 10.4. The number of nitrogens with two attached hydrogens (primary N) is 2. The van der Waals surface area contributed by atoms with Crippen LogP contribution in [0.1, 0.15) is 36.0 Å². The Morgan fingerprint density at radius 3 is 2.42 bits per heavy atom. The van der Waals surface area contributed by atoms with Crippen molar-refractivity contribution in [1.29, 1.82) is 0 Å². The minimum atomic E-state index is -1.85. The first-order valence-corrected chi connectivity index (χ1v) is 11.2. The third-order valence-electron chi connectivity index (χ3n) is 6.28. The SMILES string of the molecule is COC(=O)c1ccccc1OC1CCN(C(=O)C2(F)CCN(CC(/C=C\N)=C/N)CC2)CC1. The highest BCUT2D eigenvalue weighted by Gasteiger charge is 2.44. The maximum Gasteiger partial charge on any atom is 0.341 e. The van der Waals surface area contributed by atoms with Gasteiger partial charge in [-0.2, -0.15) is 0 Å². The number of halogens is 1. The van der Waals surface area contributed by atoms with E-state index in [0.717, 1.165) is 5.57 Å². The summed E-state index contributed by atoms with van der Waals surface area (Å²) < 4.78 is 26.4. The molecule has 2 heterocycles. The summed E-state index contributed by atoms with van der Waals surface area (Å²) in [4.78, 5) is 28.6. The summed E-state index contributed by atoms with van der Waals surface area (Å²) in [6.07, 6.45) is 5.92. The van der Waals surface area contributed by atoms with E-state index in [1.54, 1.807) is 35.2 Å². The zero-order chi connectivity index (χ0) is 23.8. The van der Waals surface area contributed by atoms with Gasteiger partial charge in [-0.15, -0.1) is 0 Å². The van der Waals surface area contributed by atoms with Gasteiger partial charge in [-0.25, -0.2) is 9.18 Å². The third kappa shape index (κ3) is 6.04. The lowest BCUT2D eigenvalue weighted by atomic mass is 9.90. The molecule has 1 aromatic rings. The second-order valence-corrected chi connectivity index (χ2v) is 8.44. The van der Waals surface area contributed by atoms with Crippen molar-refractivity contribution in [3.8, 4) is 5.75 Å². The van der Waals surface area contributed by atoms with E-state index < -0.39 is 17.5 Å². The number of piperidine rings is 2. The van der Waals surface area contributed by atoms with Gasteiger partial charge >= 0.3 is 5.97 Å². The lowest BCUT2D eigenvalue weighted by molar-refractivity contribution is -0.149. The van der Waals surface area contributed by atoms with Crippen LogP contribution in [0.15, 0.2) is 48.3 Å². The van der Waals surface area contributed by atoms with Gasteiger partial charge in [0.2, 0.25) is 0 Å². The van der Waals surface area contributed by atoms with Gasteiger partial charge in [-0.1, -0.05) is 12.1 Å². The Labute approximate surface area is 194 Å². The molecule has 9 heteroatoms. The van der Waals surface area contributed by atoms with Crippen molar-refractivity contribution in [3.05, 3.63) is 53.9 Å². The van der Waals surface area contributed by atoms with E-state index in [0.29, 0.717) is 56.9 Å². The number of methoxy groups -OCH3 is 1. The highest BCUT2D eigenvalue weighted by atomic mass is 19.1. The molecule has 1 amide bonds. The second kappa shape index (κ2) is 11.2. The van der Waals surface area contributed by atoms with Crippen LogP contribution in [-0.4, -0.2) is 73.3 Å². The average molecular weight is 461 g/mol. The van der Waals surface area contributed by atoms with E-state index in [1.807, 2.05) is 0 Å². The molecule has 3 rings (SSSR count). The Balaban J connectivity index is 1.51. The predicted octanol–water partition coefficient (Wildman–Crippen LogP) is 1.96. The monoisotopic (exact) mass is 460 g/mol. The maximum absolute atomic E-state index is 15.5. The Hall–Kier alpha value is -3.07. The van der Waals surface area contributed by atoms with Gasteiger partial charge < -0.3 is 25.8 Å². The summed E-state index contributed by atoms with van der Waals surface area (Å²) in [5, 5.41) is 0. The van der Waals surface area contributed by atoms with Crippen LogP contribution in [-0.2, 0) is 9.53 Å². The molecule has 0 unspecified atom stereocenters. The first-order valence-electron chi connectivity index (χ1n) is 11.2. The molecule has 0 radical (unpaired) electrons. The van der Waals surface area contributed by atoms with E-state index in [2.05, 4.69) is 4.90 Å². The van der Waals surface area contributed by atoms with E-state index in [1.165, 1.54) is 19.5 Å². The largest absolute Gasteiger partial charge is 0.489 e. The van der Waals surface area contributed by atoms with Gasteiger partial charge in [0.25, 0.3) is 5.91 Å². The fourth-order valence-corrected chi connectivity index (χ4v) is 4.31. The molecule has 2 aliphatic heterocycles. The van der Waals surface area contributed by atoms with Crippen molar-refractivity contribution < 1.29 is 23.5 Å². The number of ether oxygens (including phenoxy) is 2. The normalized spacial score (nSPS) is 20.1. The van der Waals surface area contributed by atoms with Crippen LogP contribution in [0.2, 0.25) is 0 Å². The number of likely N-dealkylation sites (tertiary alicyclic amines) is 2. The molecule has 0 aliphatic carbocycles. The third-order valence-corrected chi connectivity index (χ3v) is 6.28. The Morgan fingerprint density at radius 1 is 1.15 bits per heavy atom. The summed E-state index contributed by atoms with van der Waals surface area (Å²) in [6.45, 7) is 2.36. The van der Waals surface area contributed by atoms with Gasteiger partial charge in [-0.05, 0) is 36.2 Å². The Bertz CT molecular complexity index is 888. The molecule has 2 saturated heterocycles. The fourth-order valence-electron chi connectivity index (χ4n) is 4.31. The van der Waals surface area contributed by atoms with Crippen LogP contribution in [0, 0.1) is 0 Å². The van der Waals surface area contributed by atoms with Gasteiger partial charge in [0, 0.05) is 58.4 Å². The molecule has 0 aromatic heterocycles. The Morgan fingerprint density at radius 2 is 1.82 bits per heavy atom. The van der Waals surface area contributed by atoms with Crippen molar-refractivity contribution in [2.45, 2.75) is 37.5 Å². The fraction of sp³-hybridized carbons (Fsp3) is 0.500. The van der Waals surface area contributed by atoms with Crippen molar-refractivity contribution in [3.63, 3.8) is 0 Å². The smallest absolute Gasteiger partial charge is 0.341 e. The highest BCUT2D eigenvalue weighted by Crippen LogP contribution is 2.31. The topological polar surface area (TPSA) is 111 Å². The molecule has 180 valence electrons. The van der Waals surface area contributed by atoms with Crippen molar-refractivity contribution >= 4 is 11.9 Å². The molecule has 2 fully saturated rings. The van der Waals surface area contributed by atoms with E-state index in [4.69, 9.17) is 20.9 Å². The van der Waals surface area contributed by atoms with Gasteiger partial charge in [-0.3, -0.25) is 9.69 Å². The number of carbonyl (C=O) groups is 2.